The minimum Gasteiger partial charge on any atom is -0.482 e. The highest BCUT2D eigenvalue weighted by Gasteiger charge is 2.39. The standard InChI is InChI=1S/C31H33N3O4/c1-19(2)21-9-11-23(12-10-21)29(22-7-5-4-6-8-22)33-30(36)26-15-20(3)17-34(26)31(37)24-13-14-27-25(16-24)32-28(35)18-38-27/h4-14,16,19-20,26,29H,15,17-18H2,1-3H3,(H,32,35)(H,33,36)/t20-,26+,29+/m1/s1. The molecule has 3 amide bonds. The van der Waals surface area contributed by atoms with E-state index in [1.54, 1.807) is 23.1 Å². The predicted molar refractivity (Wildman–Crippen MR) is 146 cm³/mol. The maximum absolute atomic E-state index is 13.8. The topological polar surface area (TPSA) is 87.7 Å². The van der Waals surface area contributed by atoms with Crippen molar-refractivity contribution in [2.45, 2.75) is 45.2 Å². The lowest BCUT2D eigenvalue weighted by atomic mass is 9.94. The molecule has 2 aliphatic heterocycles. The molecule has 38 heavy (non-hydrogen) atoms. The number of carbonyl (C=O) groups is 3. The lowest BCUT2D eigenvalue weighted by molar-refractivity contribution is -0.125. The number of benzene rings is 3. The van der Waals surface area contributed by atoms with E-state index in [9.17, 15) is 14.4 Å². The van der Waals surface area contributed by atoms with Crippen LogP contribution in [0.4, 0.5) is 5.69 Å². The summed E-state index contributed by atoms with van der Waals surface area (Å²) in [7, 11) is 0. The van der Waals surface area contributed by atoms with Crippen LogP contribution < -0.4 is 15.4 Å². The minimum absolute atomic E-state index is 0.0467. The van der Waals surface area contributed by atoms with E-state index in [1.807, 2.05) is 37.3 Å². The van der Waals surface area contributed by atoms with E-state index in [0.717, 1.165) is 11.1 Å². The second-order valence-corrected chi connectivity index (χ2v) is 10.5. The lowest BCUT2D eigenvalue weighted by Crippen LogP contribution is -2.47. The smallest absolute Gasteiger partial charge is 0.262 e. The van der Waals surface area contributed by atoms with E-state index in [1.165, 1.54) is 5.56 Å². The van der Waals surface area contributed by atoms with E-state index in [0.29, 0.717) is 35.9 Å². The van der Waals surface area contributed by atoms with Gasteiger partial charge in [-0.15, -0.1) is 0 Å². The molecule has 2 N–H and O–H groups in total. The summed E-state index contributed by atoms with van der Waals surface area (Å²) < 4.78 is 5.42. The van der Waals surface area contributed by atoms with E-state index < -0.39 is 6.04 Å². The molecule has 0 bridgehead atoms. The van der Waals surface area contributed by atoms with Gasteiger partial charge < -0.3 is 20.3 Å². The zero-order valence-electron chi connectivity index (χ0n) is 21.9. The molecule has 0 spiro atoms. The Hall–Kier alpha value is -4.13. The second-order valence-electron chi connectivity index (χ2n) is 10.5. The molecule has 0 radical (unpaired) electrons. The average Bonchev–Trinajstić information content (AvgIpc) is 3.33. The molecule has 2 heterocycles. The molecule has 7 nitrogen and oxygen atoms in total. The molecule has 7 heteroatoms. The van der Waals surface area contributed by atoms with Crippen LogP contribution in [0.5, 0.6) is 5.75 Å². The molecular weight excluding hydrogens is 478 g/mol. The summed E-state index contributed by atoms with van der Waals surface area (Å²) >= 11 is 0. The Bertz CT molecular complexity index is 1340. The van der Waals surface area contributed by atoms with Gasteiger partial charge >= 0.3 is 0 Å². The van der Waals surface area contributed by atoms with Crippen LogP contribution in [0.25, 0.3) is 0 Å². The van der Waals surface area contributed by atoms with E-state index in [2.05, 4.69) is 48.7 Å². The number of rotatable bonds is 6. The van der Waals surface area contributed by atoms with Crippen molar-refractivity contribution in [1.82, 2.24) is 10.2 Å². The van der Waals surface area contributed by atoms with Crippen LogP contribution in [0.2, 0.25) is 0 Å². The third-order valence-electron chi connectivity index (χ3n) is 7.29. The van der Waals surface area contributed by atoms with Crippen LogP contribution >= 0.6 is 0 Å². The number of anilines is 1. The van der Waals surface area contributed by atoms with Gasteiger partial charge in [-0.25, -0.2) is 0 Å². The normalized spacial score (nSPS) is 19.4. The van der Waals surface area contributed by atoms with Gasteiger partial charge in [0.15, 0.2) is 6.61 Å². The zero-order valence-corrected chi connectivity index (χ0v) is 21.9. The first-order valence-electron chi connectivity index (χ1n) is 13.1. The molecule has 2 aliphatic rings. The van der Waals surface area contributed by atoms with Crippen molar-refractivity contribution in [2.75, 3.05) is 18.5 Å². The molecule has 3 atom stereocenters. The minimum atomic E-state index is -0.597. The number of likely N-dealkylation sites (tertiary alicyclic amines) is 1. The van der Waals surface area contributed by atoms with Crippen LogP contribution in [0.1, 0.15) is 66.2 Å². The highest BCUT2D eigenvalue weighted by Crippen LogP contribution is 2.32. The summed E-state index contributed by atoms with van der Waals surface area (Å²) in [4.78, 5) is 40.8. The molecule has 0 unspecified atom stereocenters. The Labute approximate surface area is 223 Å². The summed E-state index contributed by atoms with van der Waals surface area (Å²) in [6.45, 7) is 6.79. The van der Waals surface area contributed by atoms with Gasteiger partial charge in [-0.3, -0.25) is 14.4 Å². The van der Waals surface area contributed by atoms with Crippen LogP contribution in [0.3, 0.4) is 0 Å². The summed E-state index contributed by atoms with van der Waals surface area (Å²) in [6.07, 6.45) is 0.580. The molecule has 3 aromatic carbocycles. The van der Waals surface area contributed by atoms with E-state index in [4.69, 9.17) is 4.74 Å². The van der Waals surface area contributed by atoms with Gasteiger partial charge in [-0.2, -0.15) is 0 Å². The summed E-state index contributed by atoms with van der Waals surface area (Å²) in [5, 5.41) is 5.99. The third-order valence-corrected chi connectivity index (χ3v) is 7.29. The molecule has 3 aromatic rings. The maximum Gasteiger partial charge on any atom is 0.262 e. The van der Waals surface area contributed by atoms with Crippen LogP contribution in [-0.2, 0) is 9.59 Å². The van der Waals surface area contributed by atoms with Crippen LogP contribution in [0, 0.1) is 5.92 Å². The Morgan fingerprint density at radius 2 is 1.66 bits per heavy atom. The predicted octanol–water partition coefficient (Wildman–Crippen LogP) is 4.90. The quantitative estimate of drug-likeness (QED) is 0.493. The Morgan fingerprint density at radius 1 is 0.974 bits per heavy atom. The average molecular weight is 512 g/mol. The summed E-state index contributed by atoms with van der Waals surface area (Å²) in [5.74, 6) is 0.434. The van der Waals surface area contributed by atoms with E-state index in [-0.39, 0.29) is 36.3 Å². The number of hydrogen-bond donors (Lipinski definition) is 2. The largest absolute Gasteiger partial charge is 0.482 e. The fourth-order valence-electron chi connectivity index (χ4n) is 5.22. The van der Waals surface area contributed by atoms with Gasteiger partial charge in [0.25, 0.3) is 11.8 Å². The van der Waals surface area contributed by atoms with Gasteiger partial charge in [-0.05, 0) is 53.1 Å². The fraction of sp³-hybridized carbons (Fsp3) is 0.323. The molecule has 1 saturated heterocycles. The number of nitrogens with one attached hydrogen (secondary N) is 2. The number of fused-ring (bicyclic) bond motifs is 1. The van der Waals surface area contributed by atoms with Crippen molar-refractivity contribution in [1.29, 1.82) is 0 Å². The van der Waals surface area contributed by atoms with Crippen molar-refractivity contribution in [2.24, 2.45) is 5.92 Å². The Morgan fingerprint density at radius 3 is 2.37 bits per heavy atom. The van der Waals surface area contributed by atoms with Gasteiger partial charge in [0.05, 0.1) is 11.7 Å². The van der Waals surface area contributed by atoms with Crippen molar-refractivity contribution >= 4 is 23.4 Å². The second kappa shape index (κ2) is 10.7. The number of nitrogens with zero attached hydrogens (tertiary/aromatic N) is 1. The highest BCUT2D eigenvalue weighted by molar-refractivity contribution is 6.01. The van der Waals surface area contributed by atoms with Crippen molar-refractivity contribution < 1.29 is 19.1 Å². The first kappa shape index (κ1) is 25.5. The number of ether oxygens (including phenoxy) is 1. The van der Waals surface area contributed by atoms with Crippen molar-refractivity contribution in [3.63, 3.8) is 0 Å². The number of carbonyl (C=O) groups excluding carboxylic acids is 3. The Kier molecular flexibility index (Phi) is 7.18. The fourth-order valence-corrected chi connectivity index (χ4v) is 5.22. The van der Waals surface area contributed by atoms with Gasteiger partial charge in [0.1, 0.15) is 11.8 Å². The summed E-state index contributed by atoms with van der Waals surface area (Å²) in [6, 6.07) is 22.3. The molecular formula is C31H33N3O4. The molecule has 196 valence electrons. The van der Waals surface area contributed by atoms with Crippen LogP contribution in [-0.4, -0.2) is 41.8 Å². The van der Waals surface area contributed by atoms with Gasteiger partial charge in [0.2, 0.25) is 5.91 Å². The Balaban J connectivity index is 1.39. The highest BCUT2D eigenvalue weighted by atomic mass is 16.5. The molecule has 0 aliphatic carbocycles. The van der Waals surface area contributed by atoms with Gasteiger partial charge in [-0.1, -0.05) is 75.4 Å². The summed E-state index contributed by atoms with van der Waals surface area (Å²) in [5.41, 5.74) is 4.08. The third kappa shape index (κ3) is 5.28. The number of amides is 3. The maximum atomic E-state index is 13.8. The first-order chi connectivity index (χ1) is 18.3. The van der Waals surface area contributed by atoms with Crippen LogP contribution in [0.15, 0.2) is 72.8 Å². The molecule has 0 aromatic heterocycles. The van der Waals surface area contributed by atoms with Crippen molar-refractivity contribution in [3.8, 4) is 5.75 Å². The van der Waals surface area contributed by atoms with E-state index >= 15 is 0 Å². The molecule has 1 fully saturated rings. The molecule has 5 rings (SSSR count). The first-order valence-corrected chi connectivity index (χ1v) is 13.1. The monoisotopic (exact) mass is 511 g/mol. The van der Waals surface area contributed by atoms with Crippen molar-refractivity contribution in [3.05, 3.63) is 95.1 Å². The lowest BCUT2D eigenvalue weighted by Gasteiger charge is -2.28. The number of hydrogen-bond acceptors (Lipinski definition) is 4. The SMILES string of the molecule is CC(C)c1ccc([C@@H](NC(=O)[C@@H]2C[C@@H](C)CN2C(=O)c2ccc3c(c2)NC(=O)CO3)c2ccccc2)cc1. The molecule has 0 saturated carbocycles. The zero-order chi connectivity index (χ0) is 26.8. The van der Waals surface area contributed by atoms with Gasteiger partial charge in [0, 0.05) is 12.1 Å².